The molecule has 0 aromatic heterocycles. The number of rotatable bonds is 4. The molecule has 0 amide bonds. The summed E-state index contributed by atoms with van der Waals surface area (Å²) in [6, 6.07) is 16.9. The van der Waals surface area contributed by atoms with Crippen molar-refractivity contribution in [2.24, 2.45) is 5.92 Å². The molecule has 108 valence electrons. The molecule has 1 aliphatic carbocycles. The van der Waals surface area contributed by atoms with E-state index in [0.717, 1.165) is 25.7 Å². The van der Waals surface area contributed by atoms with Crippen molar-refractivity contribution in [2.75, 3.05) is 0 Å². The molecule has 0 saturated heterocycles. The van der Waals surface area contributed by atoms with E-state index in [-0.39, 0.29) is 5.92 Å². The first-order chi connectivity index (χ1) is 10.2. The highest BCUT2D eigenvalue weighted by atomic mass is 16.1. The van der Waals surface area contributed by atoms with E-state index in [1.54, 1.807) is 0 Å². The van der Waals surface area contributed by atoms with Gasteiger partial charge in [0.15, 0.2) is 0 Å². The first-order valence-corrected chi connectivity index (χ1v) is 7.88. The summed E-state index contributed by atoms with van der Waals surface area (Å²) in [6.45, 7) is 2.12. The van der Waals surface area contributed by atoms with Crippen LogP contribution in [0.1, 0.15) is 35.1 Å². The standard InChI is InChI=1S/C20H22O/c1-15-6-2-3-7-16(15)12-13-20(21)19-11-10-17-8-4-5-9-18(17)14-19/h2-9,19H,10-14H2,1H3. The SMILES string of the molecule is Cc1ccccc1CCC(=O)C1CCc2ccccc2C1. The van der Waals surface area contributed by atoms with Crippen LogP contribution in [0.2, 0.25) is 0 Å². The van der Waals surface area contributed by atoms with Crippen molar-refractivity contribution in [2.45, 2.75) is 39.0 Å². The summed E-state index contributed by atoms with van der Waals surface area (Å²) in [5.41, 5.74) is 5.40. The van der Waals surface area contributed by atoms with E-state index in [4.69, 9.17) is 0 Å². The maximum atomic E-state index is 12.5. The minimum atomic E-state index is 0.226. The molecule has 0 radical (unpaired) electrons. The minimum Gasteiger partial charge on any atom is -0.299 e. The van der Waals surface area contributed by atoms with Crippen molar-refractivity contribution < 1.29 is 4.79 Å². The van der Waals surface area contributed by atoms with E-state index >= 15 is 0 Å². The van der Waals surface area contributed by atoms with Gasteiger partial charge in [0, 0.05) is 12.3 Å². The average molecular weight is 278 g/mol. The molecule has 3 rings (SSSR count). The van der Waals surface area contributed by atoms with Crippen molar-refractivity contribution in [1.29, 1.82) is 0 Å². The first kappa shape index (κ1) is 14.1. The third kappa shape index (κ3) is 3.24. The van der Waals surface area contributed by atoms with Crippen LogP contribution in [0.5, 0.6) is 0 Å². The Morgan fingerprint density at radius 1 is 1.05 bits per heavy atom. The monoisotopic (exact) mass is 278 g/mol. The van der Waals surface area contributed by atoms with Gasteiger partial charge in [-0.2, -0.15) is 0 Å². The fourth-order valence-electron chi connectivity index (χ4n) is 3.33. The van der Waals surface area contributed by atoms with Gasteiger partial charge in [-0.25, -0.2) is 0 Å². The molecule has 0 fully saturated rings. The third-order valence-corrected chi connectivity index (χ3v) is 4.70. The quantitative estimate of drug-likeness (QED) is 0.815. The second-order valence-corrected chi connectivity index (χ2v) is 6.10. The zero-order valence-electron chi connectivity index (χ0n) is 12.6. The van der Waals surface area contributed by atoms with Gasteiger partial charge in [-0.1, -0.05) is 48.5 Å². The largest absolute Gasteiger partial charge is 0.299 e. The van der Waals surface area contributed by atoms with Crippen LogP contribution in [0.4, 0.5) is 0 Å². The Labute approximate surface area is 127 Å². The third-order valence-electron chi connectivity index (χ3n) is 4.70. The van der Waals surface area contributed by atoms with Crippen molar-refractivity contribution in [3.05, 3.63) is 70.8 Å². The number of carbonyl (C=O) groups is 1. The molecule has 1 nitrogen and oxygen atoms in total. The summed E-state index contributed by atoms with van der Waals surface area (Å²) in [6.07, 6.45) is 4.56. The highest BCUT2D eigenvalue weighted by molar-refractivity contribution is 5.82. The van der Waals surface area contributed by atoms with E-state index in [0.29, 0.717) is 12.2 Å². The second kappa shape index (κ2) is 6.26. The van der Waals surface area contributed by atoms with Gasteiger partial charge in [-0.3, -0.25) is 4.79 Å². The van der Waals surface area contributed by atoms with E-state index in [1.165, 1.54) is 22.3 Å². The molecule has 2 aromatic carbocycles. The topological polar surface area (TPSA) is 17.1 Å². The molecule has 0 heterocycles. The molecule has 1 unspecified atom stereocenters. The Kier molecular flexibility index (Phi) is 4.19. The lowest BCUT2D eigenvalue weighted by Gasteiger charge is -2.23. The summed E-state index contributed by atoms with van der Waals surface area (Å²) in [5, 5.41) is 0. The number of fused-ring (bicyclic) bond motifs is 1. The molecule has 0 N–H and O–H groups in total. The summed E-state index contributed by atoms with van der Waals surface area (Å²) < 4.78 is 0. The lowest BCUT2D eigenvalue weighted by Crippen LogP contribution is -2.23. The summed E-state index contributed by atoms with van der Waals surface area (Å²) in [5.74, 6) is 0.664. The second-order valence-electron chi connectivity index (χ2n) is 6.10. The average Bonchev–Trinajstić information content (AvgIpc) is 2.53. The van der Waals surface area contributed by atoms with Crippen molar-refractivity contribution in [1.82, 2.24) is 0 Å². The lowest BCUT2D eigenvalue weighted by molar-refractivity contribution is -0.123. The summed E-state index contributed by atoms with van der Waals surface area (Å²) in [7, 11) is 0. The molecule has 21 heavy (non-hydrogen) atoms. The fraction of sp³-hybridized carbons (Fsp3) is 0.350. The zero-order valence-corrected chi connectivity index (χ0v) is 12.6. The van der Waals surface area contributed by atoms with Gasteiger partial charge >= 0.3 is 0 Å². The Balaban J connectivity index is 1.61. The van der Waals surface area contributed by atoms with Gasteiger partial charge in [-0.05, 0) is 54.9 Å². The molecule has 0 bridgehead atoms. The Morgan fingerprint density at radius 2 is 1.76 bits per heavy atom. The molecular weight excluding hydrogens is 256 g/mol. The number of benzene rings is 2. The number of hydrogen-bond acceptors (Lipinski definition) is 1. The minimum absolute atomic E-state index is 0.226. The number of hydrogen-bond donors (Lipinski definition) is 0. The Bertz CT molecular complexity index is 642. The highest BCUT2D eigenvalue weighted by Crippen LogP contribution is 2.27. The number of aryl methyl sites for hydroxylation is 3. The van der Waals surface area contributed by atoms with Crippen molar-refractivity contribution in [3.8, 4) is 0 Å². The molecule has 0 saturated carbocycles. The van der Waals surface area contributed by atoms with Gasteiger partial charge < -0.3 is 0 Å². The predicted molar refractivity (Wildman–Crippen MR) is 86.5 cm³/mol. The van der Waals surface area contributed by atoms with Crippen LogP contribution in [0, 0.1) is 12.8 Å². The van der Waals surface area contributed by atoms with Crippen LogP contribution in [0.3, 0.4) is 0 Å². The van der Waals surface area contributed by atoms with Gasteiger partial charge in [0.2, 0.25) is 0 Å². The maximum absolute atomic E-state index is 12.5. The van der Waals surface area contributed by atoms with Gasteiger partial charge in [0.05, 0.1) is 0 Å². The Morgan fingerprint density at radius 3 is 2.57 bits per heavy atom. The highest BCUT2D eigenvalue weighted by Gasteiger charge is 2.23. The molecule has 0 spiro atoms. The first-order valence-electron chi connectivity index (χ1n) is 7.88. The summed E-state index contributed by atoms with van der Waals surface area (Å²) in [4.78, 5) is 12.5. The molecule has 2 aromatic rings. The number of carbonyl (C=O) groups excluding carboxylic acids is 1. The number of ketones is 1. The van der Waals surface area contributed by atoms with Gasteiger partial charge in [0.1, 0.15) is 5.78 Å². The maximum Gasteiger partial charge on any atom is 0.136 e. The lowest BCUT2D eigenvalue weighted by atomic mass is 9.80. The molecule has 1 heteroatoms. The number of Topliss-reactive ketones (excluding diaryl/α,β-unsaturated/α-hetero) is 1. The fourth-order valence-corrected chi connectivity index (χ4v) is 3.33. The van der Waals surface area contributed by atoms with Crippen LogP contribution < -0.4 is 0 Å². The van der Waals surface area contributed by atoms with Gasteiger partial charge in [-0.15, -0.1) is 0 Å². The molecule has 1 aliphatic rings. The Hall–Kier alpha value is -1.89. The van der Waals surface area contributed by atoms with E-state index in [9.17, 15) is 4.79 Å². The van der Waals surface area contributed by atoms with Crippen LogP contribution in [0.15, 0.2) is 48.5 Å². The molecule has 1 atom stereocenters. The van der Waals surface area contributed by atoms with Crippen molar-refractivity contribution in [3.63, 3.8) is 0 Å². The van der Waals surface area contributed by atoms with Gasteiger partial charge in [0.25, 0.3) is 0 Å². The van der Waals surface area contributed by atoms with Crippen LogP contribution in [-0.2, 0) is 24.1 Å². The normalized spacial score (nSPS) is 17.3. The predicted octanol–water partition coefficient (Wildman–Crippen LogP) is 4.30. The molecule has 0 aliphatic heterocycles. The van der Waals surface area contributed by atoms with E-state index in [2.05, 4.69) is 55.5 Å². The van der Waals surface area contributed by atoms with Crippen LogP contribution in [0.25, 0.3) is 0 Å². The van der Waals surface area contributed by atoms with Crippen LogP contribution in [-0.4, -0.2) is 5.78 Å². The van der Waals surface area contributed by atoms with Crippen molar-refractivity contribution >= 4 is 5.78 Å². The summed E-state index contributed by atoms with van der Waals surface area (Å²) >= 11 is 0. The zero-order chi connectivity index (χ0) is 14.7. The molecular formula is C20H22O. The smallest absolute Gasteiger partial charge is 0.136 e. The van der Waals surface area contributed by atoms with Crippen LogP contribution >= 0.6 is 0 Å². The van der Waals surface area contributed by atoms with E-state index < -0.39 is 0 Å². The van der Waals surface area contributed by atoms with E-state index in [1.807, 2.05) is 0 Å².